The van der Waals surface area contributed by atoms with Crippen LogP contribution in [0.2, 0.25) is 0 Å². The van der Waals surface area contributed by atoms with E-state index in [2.05, 4.69) is 38.3 Å². The molecular weight excluding hydrogens is 474 g/mol. The molecule has 2 aromatic carbocycles. The Kier molecular flexibility index (Phi) is 13.8. The van der Waals surface area contributed by atoms with E-state index in [1.54, 1.807) is 18.9 Å². The molecule has 0 radical (unpaired) electrons. The fourth-order valence-corrected chi connectivity index (χ4v) is 5.85. The summed E-state index contributed by atoms with van der Waals surface area (Å²) in [5.74, 6) is 2.98. The predicted octanol–water partition coefficient (Wildman–Crippen LogP) is 9.17. The van der Waals surface area contributed by atoms with E-state index < -0.39 is 0 Å². The van der Waals surface area contributed by atoms with Crippen molar-refractivity contribution < 1.29 is 14.2 Å². The molecule has 2 aromatic rings. The van der Waals surface area contributed by atoms with Gasteiger partial charge in [0.25, 0.3) is 0 Å². The molecule has 2 atom stereocenters. The van der Waals surface area contributed by atoms with Gasteiger partial charge in [-0.2, -0.15) is 0 Å². The Morgan fingerprint density at radius 1 is 0.914 bits per heavy atom. The Morgan fingerprint density at radius 2 is 1.63 bits per heavy atom. The molecule has 0 heterocycles. The molecule has 0 spiro atoms. The number of aliphatic imine (C=N–C) groups is 1. The molecular formula is C29H41NO3S2. The third-order valence-corrected chi connectivity index (χ3v) is 7.74. The van der Waals surface area contributed by atoms with Crippen LogP contribution in [0.15, 0.2) is 63.8 Å². The number of hydrogen-bond donors (Lipinski definition) is 0. The summed E-state index contributed by atoms with van der Waals surface area (Å²) in [6.07, 6.45) is 6.89. The van der Waals surface area contributed by atoms with Gasteiger partial charge in [-0.3, -0.25) is 0 Å². The molecule has 0 bridgehead atoms. The molecule has 0 saturated heterocycles. The quantitative estimate of drug-likeness (QED) is 0.134. The number of ether oxygens (including phenoxy) is 3. The predicted molar refractivity (Wildman–Crippen MR) is 154 cm³/mol. The van der Waals surface area contributed by atoms with Crippen LogP contribution >= 0.6 is 23.5 Å². The molecule has 0 saturated carbocycles. The zero-order chi connectivity index (χ0) is 25.5. The lowest BCUT2D eigenvalue weighted by Crippen LogP contribution is -2.16. The molecule has 0 aliphatic rings. The highest BCUT2D eigenvalue weighted by Gasteiger charge is 2.19. The molecule has 35 heavy (non-hydrogen) atoms. The third-order valence-electron chi connectivity index (χ3n) is 5.47. The minimum Gasteiger partial charge on any atom is -0.494 e. The van der Waals surface area contributed by atoms with Crippen molar-refractivity contribution >= 4 is 34.3 Å². The van der Waals surface area contributed by atoms with E-state index in [-0.39, 0.29) is 0 Å². The lowest BCUT2D eigenvalue weighted by Gasteiger charge is -2.23. The van der Waals surface area contributed by atoms with Gasteiger partial charge >= 0.3 is 0 Å². The van der Waals surface area contributed by atoms with E-state index in [9.17, 15) is 0 Å². The minimum absolute atomic E-state index is 0.526. The molecule has 0 amide bonds. The van der Waals surface area contributed by atoms with Crippen molar-refractivity contribution in [2.45, 2.75) is 70.4 Å². The Balaban J connectivity index is 2.31. The second-order valence-corrected chi connectivity index (χ2v) is 10.5. The highest BCUT2D eigenvalue weighted by Crippen LogP contribution is 2.35. The Hall–Kier alpha value is -2.05. The first kappa shape index (κ1) is 29.2. The van der Waals surface area contributed by atoms with Crippen LogP contribution in [0.4, 0.5) is 5.69 Å². The van der Waals surface area contributed by atoms with Gasteiger partial charge in [-0.15, -0.1) is 11.8 Å². The number of nitrogens with zero attached hydrogens (tertiary/aromatic N) is 1. The van der Waals surface area contributed by atoms with Gasteiger partial charge in [-0.25, -0.2) is 4.99 Å². The number of para-hydroxylation sites is 2. The molecule has 0 aliphatic carbocycles. The Morgan fingerprint density at radius 3 is 2.31 bits per heavy atom. The molecule has 192 valence electrons. The zero-order valence-electron chi connectivity index (χ0n) is 22.1. The molecule has 0 aromatic heterocycles. The monoisotopic (exact) mass is 515 g/mol. The Labute approximate surface area is 220 Å². The standard InChI is InChI=1S/C29H41NO3S2/c1-7-13-22(5)28(14-8-2)35-29(30-24-15-11-12-16-25(24)31-6)19-20-34-23-17-18-26(32-9-3)27(21-23)33-10-4/h11-12,15-22,28H,7-10,13-14H2,1-6H3/b20-19+,30-29?. The molecule has 2 rings (SSSR count). The highest BCUT2D eigenvalue weighted by molar-refractivity contribution is 8.15. The SMILES string of the molecule is CCCC(C)C(CCC)SC(/C=C/Sc1ccc(OCC)c(OCC)c1)=Nc1ccccc1OC. The van der Waals surface area contributed by atoms with Crippen molar-refractivity contribution in [3.63, 3.8) is 0 Å². The Bertz CT molecular complexity index is 945. The van der Waals surface area contributed by atoms with Crippen LogP contribution in [-0.2, 0) is 0 Å². The van der Waals surface area contributed by atoms with E-state index in [1.165, 1.54) is 25.7 Å². The van der Waals surface area contributed by atoms with E-state index in [4.69, 9.17) is 19.2 Å². The first-order valence-electron chi connectivity index (χ1n) is 12.7. The van der Waals surface area contributed by atoms with Crippen molar-refractivity contribution in [2.24, 2.45) is 10.9 Å². The van der Waals surface area contributed by atoms with Gasteiger partial charge in [-0.1, -0.05) is 57.5 Å². The second kappa shape index (κ2) is 16.6. The summed E-state index contributed by atoms with van der Waals surface area (Å²) in [5, 5.41) is 3.64. The van der Waals surface area contributed by atoms with Gasteiger partial charge in [-0.05, 0) is 74.4 Å². The third kappa shape index (κ3) is 9.85. The summed E-state index contributed by atoms with van der Waals surface area (Å²) in [6, 6.07) is 14.0. The van der Waals surface area contributed by atoms with Crippen molar-refractivity contribution in [3.05, 3.63) is 53.9 Å². The molecule has 4 nitrogen and oxygen atoms in total. The molecule has 0 aliphatic heterocycles. The van der Waals surface area contributed by atoms with E-state index in [1.807, 2.05) is 62.0 Å². The summed E-state index contributed by atoms with van der Waals surface area (Å²) < 4.78 is 17.0. The van der Waals surface area contributed by atoms with Crippen molar-refractivity contribution in [1.82, 2.24) is 0 Å². The number of rotatable bonds is 15. The number of benzene rings is 2. The largest absolute Gasteiger partial charge is 0.494 e. The number of thioether (sulfide) groups is 2. The van der Waals surface area contributed by atoms with Crippen molar-refractivity contribution in [3.8, 4) is 17.2 Å². The number of hydrogen-bond acceptors (Lipinski definition) is 6. The smallest absolute Gasteiger partial charge is 0.162 e. The van der Waals surface area contributed by atoms with Gasteiger partial charge in [0.15, 0.2) is 11.5 Å². The zero-order valence-corrected chi connectivity index (χ0v) is 23.7. The maximum absolute atomic E-state index is 5.79. The van der Waals surface area contributed by atoms with E-state index in [0.717, 1.165) is 32.9 Å². The van der Waals surface area contributed by atoms with Gasteiger partial charge in [0.1, 0.15) is 11.4 Å². The fourth-order valence-electron chi connectivity index (χ4n) is 3.76. The first-order chi connectivity index (χ1) is 17.1. The summed E-state index contributed by atoms with van der Waals surface area (Å²) in [5.41, 5.74) is 0.852. The summed E-state index contributed by atoms with van der Waals surface area (Å²) in [7, 11) is 1.69. The maximum atomic E-state index is 5.79. The molecule has 6 heteroatoms. The first-order valence-corrected chi connectivity index (χ1v) is 14.4. The van der Waals surface area contributed by atoms with E-state index in [0.29, 0.717) is 24.4 Å². The topological polar surface area (TPSA) is 40.0 Å². The second-order valence-electron chi connectivity index (χ2n) is 8.23. The maximum Gasteiger partial charge on any atom is 0.162 e. The van der Waals surface area contributed by atoms with Gasteiger partial charge < -0.3 is 14.2 Å². The van der Waals surface area contributed by atoms with E-state index >= 15 is 0 Å². The van der Waals surface area contributed by atoms with Crippen LogP contribution in [-0.4, -0.2) is 30.6 Å². The van der Waals surface area contributed by atoms with Crippen molar-refractivity contribution in [1.29, 1.82) is 0 Å². The van der Waals surface area contributed by atoms with Gasteiger partial charge in [0.2, 0.25) is 0 Å². The van der Waals surface area contributed by atoms with Crippen LogP contribution < -0.4 is 14.2 Å². The number of methoxy groups -OCH3 is 1. The average molecular weight is 516 g/mol. The molecule has 0 fully saturated rings. The van der Waals surface area contributed by atoms with Crippen molar-refractivity contribution in [2.75, 3.05) is 20.3 Å². The van der Waals surface area contributed by atoms with Crippen LogP contribution in [0.25, 0.3) is 0 Å². The van der Waals surface area contributed by atoms with Crippen LogP contribution in [0.3, 0.4) is 0 Å². The fraction of sp³-hybridized carbons (Fsp3) is 0.483. The van der Waals surface area contributed by atoms with Crippen LogP contribution in [0.5, 0.6) is 17.2 Å². The summed E-state index contributed by atoms with van der Waals surface area (Å²) in [6.45, 7) is 12.1. The van der Waals surface area contributed by atoms with Crippen LogP contribution in [0.1, 0.15) is 60.3 Å². The molecule has 0 N–H and O–H groups in total. The van der Waals surface area contributed by atoms with Gasteiger partial charge in [0, 0.05) is 10.1 Å². The lowest BCUT2D eigenvalue weighted by molar-refractivity contribution is 0.287. The summed E-state index contributed by atoms with van der Waals surface area (Å²) >= 11 is 3.54. The van der Waals surface area contributed by atoms with Gasteiger partial charge in [0.05, 0.1) is 25.4 Å². The molecule has 2 unspecified atom stereocenters. The average Bonchev–Trinajstić information content (AvgIpc) is 2.86. The minimum atomic E-state index is 0.526. The normalized spacial score (nSPS) is 13.6. The lowest BCUT2D eigenvalue weighted by atomic mass is 9.99. The highest BCUT2D eigenvalue weighted by atomic mass is 32.2. The summed E-state index contributed by atoms with van der Waals surface area (Å²) in [4.78, 5) is 6.12. The van der Waals surface area contributed by atoms with Crippen LogP contribution in [0, 0.1) is 5.92 Å².